The summed E-state index contributed by atoms with van der Waals surface area (Å²) in [7, 11) is 0. The van der Waals surface area contributed by atoms with Crippen molar-refractivity contribution in [2.24, 2.45) is 5.92 Å². The Balaban J connectivity index is 1.45. The highest BCUT2D eigenvalue weighted by molar-refractivity contribution is 7.10. The molecular weight excluding hydrogens is 454 g/mol. The number of nitrogens with one attached hydrogen (secondary N) is 2. The quantitative estimate of drug-likeness (QED) is 0.406. The van der Waals surface area contributed by atoms with Gasteiger partial charge in [-0.2, -0.15) is 0 Å². The van der Waals surface area contributed by atoms with Crippen molar-refractivity contribution in [1.82, 2.24) is 10.6 Å². The van der Waals surface area contributed by atoms with E-state index in [2.05, 4.69) is 46.7 Å². The second-order valence-corrected chi connectivity index (χ2v) is 10.3. The third-order valence-corrected chi connectivity index (χ3v) is 7.35. The van der Waals surface area contributed by atoms with Crippen molar-refractivity contribution in [3.05, 3.63) is 93.3 Å². The molecule has 1 aromatic heterocycles. The fraction of sp³-hybridized carbons (Fsp3) is 0.310. The number of hydrogen-bond acceptors (Lipinski definition) is 4. The van der Waals surface area contributed by atoms with Gasteiger partial charge in [-0.3, -0.25) is 9.59 Å². The van der Waals surface area contributed by atoms with Gasteiger partial charge < -0.3 is 15.5 Å². The Bertz CT molecular complexity index is 1160. The molecule has 0 saturated carbocycles. The Kier molecular flexibility index (Phi) is 8.03. The van der Waals surface area contributed by atoms with Crippen LogP contribution >= 0.6 is 11.3 Å². The average Bonchev–Trinajstić information content (AvgIpc) is 3.38. The standard InChI is InChI=1S/C29H33N3O2S/c1-20-6-8-24(9-7-20)28(33)31-27(19-26-5-4-18-35-26)29(34)30-22(3)23-10-12-25(13-11-23)32-16-14-21(2)15-17-32/h4-13,18-19,21-22H,14-17H2,1-3H3,(H,30,34)(H,31,33)/b27-19-. The highest BCUT2D eigenvalue weighted by Crippen LogP contribution is 2.25. The number of aryl methyl sites for hydroxylation is 1. The van der Waals surface area contributed by atoms with Gasteiger partial charge in [0, 0.05) is 29.2 Å². The van der Waals surface area contributed by atoms with Gasteiger partial charge in [0.15, 0.2) is 0 Å². The van der Waals surface area contributed by atoms with E-state index in [-0.39, 0.29) is 23.6 Å². The van der Waals surface area contributed by atoms with Crippen LogP contribution in [-0.4, -0.2) is 24.9 Å². The van der Waals surface area contributed by atoms with Crippen LogP contribution in [0, 0.1) is 12.8 Å². The Morgan fingerprint density at radius 1 is 1.03 bits per heavy atom. The van der Waals surface area contributed by atoms with E-state index >= 15 is 0 Å². The van der Waals surface area contributed by atoms with Gasteiger partial charge >= 0.3 is 0 Å². The molecule has 1 aliphatic rings. The van der Waals surface area contributed by atoms with Crippen molar-refractivity contribution >= 4 is 34.9 Å². The molecule has 2 amide bonds. The lowest BCUT2D eigenvalue weighted by atomic mass is 9.98. The van der Waals surface area contributed by atoms with Gasteiger partial charge in [-0.1, -0.05) is 42.8 Å². The molecule has 4 rings (SSSR count). The van der Waals surface area contributed by atoms with E-state index in [0.29, 0.717) is 5.56 Å². The Hall–Kier alpha value is -3.38. The monoisotopic (exact) mass is 487 g/mol. The summed E-state index contributed by atoms with van der Waals surface area (Å²) in [5.41, 5.74) is 4.05. The number of amides is 2. The topological polar surface area (TPSA) is 61.4 Å². The smallest absolute Gasteiger partial charge is 0.268 e. The average molecular weight is 488 g/mol. The number of piperidine rings is 1. The number of benzene rings is 2. The van der Waals surface area contributed by atoms with Gasteiger partial charge in [-0.25, -0.2) is 0 Å². The van der Waals surface area contributed by atoms with Crippen molar-refractivity contribution < 1.29 is 9.59 Å². The molecule has 6 heteroatoms. The highest BCUT2D eigenvalue weighted by Gasteiger charge is 2.19. The van der Waals surface area contributed by atoms with Crippen LogP contribution < -0.4 is 15.5 Å². The molecule has 1 aliphatic heterocycles. The molecule has 182 valence electrons. The summed E-state index contributed by atoms with van der Waals surface area (Å²) < 4.78 is 0. The molecule has 5 nitrogen and oxygen atoms in total. The number of anilines is 1. The van der Waals surface area contributed by atoms with Crippen LogP contribution in [0.4, 0.5) is 5.69 Å². The maximum Gasteiger partial charge on any atom is 0.268 e. The zero-order valence-corrected chi connectivity index (χ0v) is 21.4. The molecule has 0 aliphatic carbocycles. The van der Waals surface area contributed by atoms with Crippen LogP contribution in [-0.2, 0) is 4.79 Å². The van der Waals surface area contributed by atoms with E-state index in [1.807, 2.05) is 43.5 Å². The van der Waals surface area contributed by atoms with Gasteiger partial charge in [0.05, 0.1) is 6.04 Å². The van der Waals surface area contributed by atoms with Crippen molar-refractivity contribution in [2.75, 3.05) is 18.0 Å². The summed E-state index contributed by atoms with van der Waals surface area (Å²) in [6.45, 7) is 8.42. The summed E-state index contributed by atoms with van der Waals surface area (Å²) >= 11 is 1.51. The second-order valence-electron chi connectivity index (χ2n) is 9.35. The maximum atomic E-state index is 13.2. The zero-order chi connectivity index (χ0) is 24.8. The fourth-order valence-electron chi connectivity index (χ4n) is 4.17. The van der Waals surface area contributed by atoms with Crippen LogP contribution in [0.3, 0.4) is 0 Å². The van der Waals surface area contributed by atoms with Crippen molar-refractivity contribution in [3.63, 3.8) is 0 Å². The van der Waals surface area contributed by atoms with E-state index < -0.39 is 0 Å². The molecule has 3 aromatic rings. The van der Waals surface area contributed by atoms with E-state index in [1.54, 1.807) is 18.2 Å². The Labute approximate surface area is 211 Å². The minimum absolute atomic E-state index is 0.207. The number of hydrogen-bond donors (Lipinski definition) is 2. The van der Waals surface area contributed by atoms with E-state index in [0.717, 1.165) is 35.0 Å². The van der Waals surface area contributed by atoms with Crippen LogP contribution in [0.1, 0.15) is 59.1 Å². The van der Waals surface area contributed by atoms with Crippen molar-refractivity contribution in [3.8, 4) is 0 Å². The molecule has 0 bridgehead atoms. The summed E-state index contributed by atoms with van der Waals surface area (Å²) in [4.78, 5) is 29.4. The summed E-state index contributed by atoms with van der Waals surface area (Å²) in [5.74, 6) is 0.167. The summed E-state index contributed by atoms with van der Waals surface area (Å²) in [6.07, 6.45) is 4.17. The lowest BCUT2D eigenvalue weighted by Crippen LogP contribution is -2.36. The van der Waals surface area contributed by atoms with Crippen LogP contribution in [0.25, 0.3) is 6.08 Å². The lowest BCUT2D eigenvalue weighted by molar-refractivity contribution is -0.118. The van der Waals surface area contributed by atoms with Gasteiger partial charge in [-0.05, 0) is 80.0 Å². The first-order valence-corrected chi connectivity index (χ1v) is 13.1. The third kappa shape index (κ3) is 6.61. The van der Waals surface area contributed by atoms with Gasteiger partial charge in [0.25, 0.3) is 11.8 Å². The molecule has 2 aromatic carbocycles. The predicted octanol–water partition coefficient (Wildman–Crippen LogP) is 5.94. The van der Waals surface area contributed by atoms with E-state index in [1.165, 1.54) is 29.9 Å². The predicted molar refractivity (Wildman–Crippen MR) is 145 cm³/mol. The molecule has 2 N–H and O–H groups in total. The van der Waals surface area contributed by atoms with Gasteiger partial charge in [0.1, 0.15) is 5.70 Å². The maximum absolute atomic E-state index is 13.2. The van der Waals surface area contributed by atoms with E-state index in [9.17, 15) is 9.59 Å². The number of carbonyl (C=O) groups is 2. The molecule has 1 unspecified atom stereocenters. The molecule has 1 fully saturated rings. The number of thiophene rings is 1. The molecular formula is C29H33N3O2S. The van der Waals surface area contributed by atoms with Crippen LogP contribution in [0.15, 0.2) is 71.7 Å². The summed E-state index contributed by atoms with van der Waals surface area (Å²) in [6, 6.07) is 19.3. The minimum atomic E-state index is -0.319. The third-order valence-electron chi connectivity index (χ3n) is 6.53. The van der Waals surface area contributed by atoms with Crippen molar-refractivity contribution in [2.45, 2.75) is 39.7 Å². The largest absolute Gasteiger partial charge is 0.372 e. The number of rotatable bonds is 7. The molecule has 1 atom stereocenters. The Morgan fingerprint density at radius 2 is 1.71 bits per heavy atom. The summed E-state index contributed by atoms with van der Waals surface area (Å²) in [5, 5.41) is 7.80. The molecule has 0 spiro atoms. The fourth-order valence-corrected chi connectivity index (χ4v) is 4.83. The van der Waals surface area contributed by atoms with Crippen molar-refractivity contribution in [1.29, 1.82) is 0 Å². The number of nitrogens with zero attached hydrogens (tertiary/aromatic N) is 1. The zero-order valence-electron chi connectivity index (χ0n) is 20.6. The first-order valence-electron chi connectivity index (χ1n) is 12.2. The van der Waals surface area contributed by atoms with Crippen LogP contribution in [0.5, 0.6) is 0 Å². The first-order chi connectivity index (χ1) is 16.9. The highest BCUT2D eigenvalue weighted by atomic mass is 32.1. The molecule has 1 saturated heterocycles. The SMILES string of the molecule is Cc1ccc(C(=O)N/C(=C\c2cccs2)C(=O)NC(C)c2ccc(N3CCC(C)CC3)cc2)cc1. The van der Waals surface area contributed by atoms with Gasteiger partial charge in [-0.15, -0.1) is 11.3 Å². The normalized spacial score (nSPS) is 15.5. The second kappa shape index (κ2) is 11.4. The van der Waals surface area contributed by atoms with E-state index in [4.69, 9.17) is 0 Å². The minimum Gasteiger partial charge on any atom is -0.372 e. The number of carbonyl (C=O) groups excluding carboxylic acids is 2. The molecule has 0 radical (unpaired) electrons. The molecule has 2 heterocycles. The van der Waals surface area contributed by atoms with Gasteiger partial charge in [0.2, 0.25) is 0 Å². The first kappa shape index (κ1) is 24.7. The molecule has 35 heavy (non-hydrogen) atoms. The Morgan fingerprint density at radius 3 is 2.34 bits per heavy atom. The lowest BCUT2D eigenvalue weighted by Gasteiger charge is -2.32. The van der Waals surface area contributed by atoms with Crippen LogP contribution in [0.2, 0.25) is 0 Å².